The Morgan fingerprint density at radius 1 is 0.903 bits per heavy atom. The molecule has 0 spiro atoms. The number of aryl methyl sites for hydroxylation is 1. The van der Waals surface area contributed by atoms with E-state index in [9.17, 15) is 13.2 Å². The van der Waals surface area contributed by atoms with Crippen molar-refractivity contribution in [2.24, 2.45) is 0 Å². The zero-order valence-electron chi connectivity index (χ0n) is 17.5. The normalized spacial score (nSPS) is 15.3. The van der Waals surface area contributed by atoms with Gasteiger partial charge in [0.1, 0.15) is 11.5 Å². The third-order valence-electron chi connectivity index (χ3n) is 5.62. The fraction of sp³-hybridized carbons (Fsp3) is 0.348. The minimum absolute atomic E-state index is 0.612. The fourth-order valence-corrected chi connectivity index (χ4v) is 3.71. The first-order chi connectivity index (χ1) is 14.8. The number of alkyl halides is 3. The van der Waals surface area contributed by atoms with Crippen molar-refractivity contribution >= 4 is 5.82 Å². The van der Waals surface area contributed by atoms with Crippen molar-refractivity contribution in [3.05, 3.63) is 71.0 Å². The predicted molar refractivity (Wildman–Crippen MR) is 114 cm³/mol. The molecule has 3 heterocycles. The minimum Gasteiger partial charge on any atom is -0.354 e. The van der Waals surface area contributed by atoms with Gasteiger partial charge in [-0.3, -0.25) is 9.88 Å². The van der Waals surface area contributed by atoms with E-state index in [-0.39, 0.29) is 0 Å². The number of halogens is 3. The average Bonchev–Trinajstić information content (AvgIpc) is 2.76. The first kappa shape index (κ1) is 21.2. The van der Waals surface area contributed by atoms with E-state index >= 15 is 0 Å². The number of nitrogens with zero attached hydrogens (tertiary/aromatic N) is 5. The molecule has 4 rings (SSSR count). The van der Waals surface area contributed by atoms with Crippen LogP contribution in [0.4, 0.5) is 19.0 Å². The van der Waals surface area contributed by atoms with E-state index in [2.05, 4.69) is 19.8 Å². The summed E-state index contributed by atoms with van der Waals surface area (Å²) in [6.45, 7) is 7.84. The van der Waals surface area contributed by atoms with Crippen LogP contribution in [0.2, 0.25) is 0 Å². The first-order valence-corrected chi connectivity index (χ1v) is 10.2. The summed E-state index contributed by atoms with van der Waals surface area (Å²) in [6, 6.07) is 11.1. The quantitative estimate of drug-likeness (QED) is 0.614. The number of aromatic nitrogens is 3. The summed E-state index contributed by atoms with van der Waals surface area (Å²) in [5.41, 5.74) is 2.99. The van der Waals surface area contributed by atoms with E-state index < -0.39 is 11.7 Å². The molecule has 0 amide bonds. The Morgan fingerprint density at radius 3 is 2.23 bits per heavy atom. The maximum Gasteiger partial charge on any atom is 0.416 e. The van der Waals surface area contributed by atoms with Gasteiger partial charge < -0.3 is 4.90 Å². The fourth-order valence-electron chi connectivity index (χ4n) is 3.71. The number of benzene rings is 1. The van der Waals surface area contributed by atoms with Gasteiger partial charge in [-0.25, -0.2) is 9.97 Å². The minimum atomic E-state index is -4.30. The van der Waals surface area contributed by atoms with E-state index in [0.717, 1.165) is 66.6 Å². The molecule has 2 aromatic heterocycles. The van der Waals surface area contributed by atoms with Crippen molar-refractivity contribution in [1.29, 1.82) is 0 Å². The van der Waals surface area contributed by atoms with Crippen molar-refractivity contribution in [2.45, 2.75) is 26.6 Å². The molecule has 0 aliphatic carbocycles. The zero-order valence-corrected chi connectivity index (χ0v) is 17.5. The third-order valence-corrected chi connectivity index (χ3v) is 5.62. The molecule has 1 aliphatic rings. The van der Waals surface area contributed by atoms with Gasteiger partial charge in [0.2, 0.25) is 0 Å². The molecule has 0 N–H and O–H groups in total. The Kier molecular flexibility index (Phi) is 5.91. The Bertz CT molecular complexity index is 1030. The number of hydrogen-bond donors (Lipinski definition) is 0. The molecule has 1 fully saturated rings. The van der Waals surface area contributed by atoms with Gasteiger partial charge >= 0.3 is 6.18 Å². The Hall–Kier alpha value is -3.00. The second-order valence-electron chi connectivity index (χ2n) is 7.75. The lowest BCUT2D eigenvalue weighted by Gasteiger charge is -2.36. The highest BCUT2D eigenvalue weighted by molar-refractivity contribution is 5.57. The number of rotatable bonds is 4. The van der Waals surface area contributed by atoms with Crippen LogP contribution in [0.3, 0.4) is 0 Å². The van der Waals surface area contributed by atoms with E-state index in [1.54, 1.807) is 18.3 Å². The zero-order chi connectivity index (χ0) is 22.0. The lowest BCUT2D eigenvalue weighted by atomic mass is 10.1. The van der Waals surface area contributed by atoms with Crippen LogP contribution in [-0.4, -0.2) is 46.0 Å². The molecule has 162 valence electrons. The third kappa shape index (κ3) is 4.85. The Labute approximate surface area is 179 Å². The predicted octanol–water partition coefficient (Wildman–Crippen LogP) is 4.50. The summed E-state index contributed by atoms with van der Waals surface area (Å²) < 4.78 is 38.2. The number of piperazine rings is 1. The van der Waals surface area contributed by atoms with Crippen molar-refractivity contribution in [1.82, 2.24) is 19.9 Å². The average molecular weight is 427 g/mol. The largest absolute Gasteiger partial charge is 0.416 e. The molecule has 0 atom stereocenters. The number of pyridine rings is 1. The van der Waals surface area contributed by atoms with Crippen molar-refractivity contribution in [3.63, 3.8) is 0 Å². The maximum atomic E-state index is 12.7. The highest BCUT2D eigenvalue weighted by Gasteiger charge is 2.30. The first-order valence-electron chi connectivity index (χ1n) is 10.2. The van der Waals surface area contributed by atoms with Crippen LogP contribution < -0.4 is 4.90 Å². The SMILES string of the molecule is Cc1nc(-c2ccccn2)nc(N2CCN(Cc3ccc(C(F)(F)F)cc3)CC2)c1C. The van der Waals surface area contributed by atoms with Gasteiger partial charge in [0.05, 0.1) is 5.56 Å². The van der Waals surface area contributed by atoms with E-state index in [4.69, 9.17) is 4.98 Å². The second-order valence-corrected chi connectivity index (χ2v) is 7.75. The van der Waals surface area contributed by atoms with Gasteiger partial charge in [-0.1, -0.05) is 18.2 Å². The molecule has 1 aromatic carbocycles. The topological polar surface area (TPSA) is 45.2 Å². The molecule has 3 aromatic rings. The van der Waals surface area contributed by atoms with Crippen LogP contribution >= 0.6 is 0 Å². The van der Waals surface area contributed by atoms with Crippen LogP contribution in [0.25, 0.3) is 11.5 Å². The molecule has 1 aliphatic heterocycles. The summed E-state index contributed by atoms with van der Waals surface area (Å²) in [5, 5.41) is 0. The van der Waals surface area contributed by atoms with Crippen LogP contribution in [0.15, 0.2) is 48.7 Å². The summed E-state index contributed by atoms with van der Waals surface area (Å²) in [4.78, 5) is 18.3. The molecule has 1 saturated heterocycles. The molecule has 0 unspecified atom stereocenters. The van der Waals surface area contributed by atoms with E-state index in [1.807, 2.05) is 32.0 Å². The van der Waals surface area contributed by atoms with E-state index in [0.29, 0.717) is 12.4 Å². The van der Waals surface area contributed by atoms with Gasteiger partial charge in [-0.2, -0.15) is 13.2 Å². The number of anilines is 1. The summed E-state index contributed by atoms with van der Waals surface area (Å²) in [5.74, 6) is 1.54. The molecular formula is C23H24F3N5. The van der Waals surface area contributed by atoms with Gasteiger partial charge in [-0.05, 0) is 43.7 Å². The van der Waals surface area contributed by atoms with Crippen LogP contribution in [0.1, 0.15) is 22.4 Å². The molecule has 0 radical (unpaired) electrons. The highest BCUT2D eigenvalue weighted by atomic mass is 19.4. The molecular weight excluding hydrogens is 403 g/mol. The summed E-state index contributed by atoms with van der Waals surface area (Å²) in [7, 11) is 0. The highest BCUT2D eigenvalue weighted by Crippen LogP contribution is 2.29. The van der Waals surface area contributed by atoms with Gasteiger partial charge in [-0.15, -0.1) is 0 Å². The monoisotopic (exact) mass is 427 g/mol. The van der Waals surface area contributed by atoms with Crippen molar-refractivity contribution < 1.29 is 13.2 Å². The second kappa shape index (κ2) is 8.63. The molecule has 8 heteroatoms. The van der Waals surface area contributed by atoms with Crippen LogP contribution in [-0.2, 0) is 12.7 Å². The Morgan fingerprint density at radius 2 is 1.61 bits per heavy atom. The molecule has 0 bridgehead atoms. The summed E-state index contributed by atoms with van der Waals surface area (Å²) in [6.07, 6.45) is -2.57. The van der Waals surface area contributed by atoms with Crippen molar-refractivity contribution in [2.75, 3.05) is 31.1 Å². The van der Waals surface area contributed by atoms with E-state index in [1.165, 1.54) is 0 Å². The molecule has 0 saturated carbocycles. The van der Waals surface area contributed by atoms with Crippen LogP contribution in [0.5, 0.6) is 0 Å². The molecule has 5 nitrogen and oxygen atoms in total. The van der Waals surface area contributed by atoms with Gasteiger partial charge in [0.25, 0.3) is 0 Å². The van der Waals surface area contributed by atoms with Gasteiger partial charge in [0.15, 0.2) is 5.82 Å². The standard InChI is InChI=1S/C23H24F3N5/c1-16-17(2)28-21(20-5-3-4-10-27-20)29-22(16)31-13-11-30(12-14-31)15-18-6-8-19(9-7-18)23(24,25)26/h3-10H,11-15H2,1-2H3. The number of hydrogen-bond acceptors (Lipinski definition) is 5. The lowest BCUT2D eigenvalue weighted by molar-refractivity contribution is -0.137. The lowest BCUT2D eigenvalue weighted by Crippen LogP contribution is -2.46. The smallest absolute Gasteiger partial charge is 0.354 e. The maximum absolute atomic E-state index is 12.7. The van der Waals surface area contributed by atoms with Crippen molar-refractivity contribution in [3.8, 4) is 11.5 Å². The van der Waals surface area contributed by atoms with Crippen LogP contribution in [0, 0.1) is 13.8 Å². The Balaban J connectivity index is 1.43. The molecule has 31 heavy (non-hydrogen) atoms. The van der Waals surface area contributed by atoms with Gasteiger partial charge in [0, 0.05) is 50.2 Å². The summed E-state index contributed by atoms with van der Waals surface area (Å²) >= 11 is 0.